The van der Waals surface area contributed by atoms with Crippen LogP contribution in [0.3, 0.4) is 0 Å². The molecule has 0 saturated carbocycles. The van der Waals surface area contributed by atoms with E-state index in [9.17, 15) is 4.79 Å². The average molecular weight is 361 g/mol. The molecule has 7 nitrogen and oxygen atoms in total. The zero-order valence-corrected chi connectivity index (χ0v) is 15.7. The Morgan fingerprint density at radius 3 is 2.44 bits per heavy atom. The fourth-order valence-corrected chi connectivity index (χ4v) is 2.93. The molecule has 0 spiro atoms. The third kappa shape index (κ3) is 5.75. The zero-order valence-electron chi connectivity index (χ0n) is 14.8. The lowest BCUT2D eigenvalue weighted by molar-refractivity contribution is 0.187. The fourth-order valence-electron chi connectivity index (χ4n) is 2.06. The van der Waals surface area contributed by atoms with Gasteiger partial charge in [-0.05, 0) is 31.5 Å². The molecule has 1 aromatic heterocycles. The second-order valence-electron chi connectivity index (χ2n) is 5.34. The van der Waals surface area contributed by atoms with Crippen molar-refractivity contribution < 1.29 is 9.53 Å². The van der Waals surface area contributed by atoms with Gasteiger partial charge in [0.05, 0.1) is 19.3 Å². The molecule has 0 saturated heterocycles. The Kier molecular flexibility index (Phi) is 6.76. The van der Waals surface area contributed by atoms with Crippen LogP contribution < -0.4 is 16.0 Å². The van der Waals surface area contributed by atoms with Crippen molar-refractivity contribution in [2.45, 2.75) is 26.9 Å². The number of methoxy groups -OCH3 is 1. The van der Waals surface area contributed by atoms with Crippen LogP contribution >= 0.6 is 11.3 Å². The number of thiazole rings is 1. The van der Waals surface area contributed by atoms with Gasteiger partial charge in [0.15, 0.2) is 5.96 Å². The summed E-state index contributed by atoms with van der Waals surface area (Å²) in [5.41, 5.74) is 2.83. The molecule has 1 heterocycles. The molecule has 0 aliphatic carbocycles. The van der Waals surface area contributed by atoms with E-state index in [4.69, 9.17) is 0 Å². The summed E-state index contributed by atoms with van der Waals surface area (Å²) in [7, 11) is 3.07. The highest BCUT2D eigenvalue weighted by Crippen LogP contribution is 2.15. The van der Waals surface area contributed by atoms with Crippen molar-refractivity contribution in [2.24, 2.45) is 4.99 Å². The molecule has 3 N–H and O–H groups in total. The van der Waals surface area contributed by atoms with E-state index in [2.05, 4.69) is 37.6 Å². The number of benzene rings is 1. The van der Waals surface area contributed by atoms with Gasteiger partial charge >= 0.3 is 6.09 Å². The minimum absolute atomic E-state index is 0.483. The molecule has 0 unspecified atom stereocenters. The first-order valence-corrected chi connectivity index (χ1v) is 8.64. The summed E-state index contributed by atoms with van der Waals surface area (Å²) < 4.78 is 4.56. The predicted octanol–water partition coefficient (Wildman–Crippen LogP) is 2.80. The molecular weight excluding hydrogens is 338 g/mol. The minimum atomic E-state index is -0.483. The van der Waals surface area contributed by atoms with Crippen molar-refractivity contribution in [3.05, 3.63) is 45.4 Å². The maximum absolute atomic E-state index is 11.2. The summed E-state index contributed by atoms with van der Waals surface area (Å²) in [5, 5.41) is 10.2. The third-order valence-electron chi connectivity index (χ3n) is 3.55. The van der Waals surface area contributed by atoms with E-state index in [1.165, 1.54) is 12.0 Å². The molecule has 0 radical (unpaired) electrons. The van der Waals surface area contributed by atoms with E-state index < -0.39 is 6.09 Å². The molecule has 1 aromatic carbocycles. The highest BCUT2D eigenvalue weighted by Gasteiger charge is 2.05. The maximum atomic E-state index is 11.2. The molecule has 0 aliphatic rings. The summed E-state index contributed by atoms with van der Waals surface area (Å²) in [4.78, 5) is 21.1. The lowest BCUT2D eigenvalue weighted by Gasteiger charge is -2.11. The fraction of sp³-hybridized carbons (Fsp3) is 0.353. The van der Waals surface area contributed by atoms with Crippen molar-refractivity contribution in [3.63, 3.8) is 0 Å². The molecule has 2 rings (SSSR count). The van der Waals surface area contributed by atoms with Crippen LogP contribution in [0, 0.1) is 13.8 Å². The molecule has 8 heteroatoms. The predicted molar refractivity (Wildman–Crippen MR) is 101 cm³/mol. The summed E-state index contributed by atoms with van der Waals surface area (Å²) in [6.07, 6.45) is -0.483. The Bertz CT molecular complexity index is 720. The summed E-state index contributed by atoms with van der Waals surface area (Å²) in [6.45, 7) is 5.35. The summed E-state index contributed by atoms with van der Waals surface area (Å²) >= 11 is 1.69. The lowest BCUT2D eigenvalue weighted by atomic mass is 10.2. The number of carbonyl (C=O) groups excluding carboxylic acids is 1. The van der Waals surface area contributed by atoms with Gasteiger partial charge in [0, 0.05) is 24.2 Å². The van der Waals surface area contributed by atoms with Gasteiger partial charge in [-0.1, -0.05) is 12.1 Å². The minimum Gasteiger partial charge on any atom is -0.453 e. The number of aryl methyl sites for hydroxylation is 2. The van der Waals surface area contributed by atoms with Crippen LogP contribution in [0.2, 0.25) is 0 Å². The summed E-state index contributed by atoms with van der Waals surface area (Å²) in [5.74, 6) is 0.710. The Labute approximate surface area is 151 Å². The number of nitrogens with zero attached hydrogens (tertiary/aromatic N) is 2. The van der Waals surface area contributed by atoms with Gasteiger partial charge in [-0.15, -0.1) is 11.3 Å². The Balaban J connectivity index is 1.82. The molecule has 0 bridgehead atoms. The van der Waals surface area contributed by atoms with E-state index in [0.29, 0.717) is 24.7 Å². The van der Waals surface area contributed by atoms with Crippen LogP contribution in [0.5, 0.6) is 0 Å². The standard InChI is InChI=1S/C17H23N5O2S/c1-11-12(2)25-15(21-11)10-20-16(18-3)19-9-13-5-7-14(8-6-13)22-17(23)24-4/h5-8H,9-10H2,1-4H3,(H,22,23)(H2,18,19,20). The van der Waals surface area contributed by atoms with Crippen LogP contribution in [0.1, 0.15) is 21.1 Å². The Morgan fingerprint density at radius 2 is 1.88 bits per heavy atom. The molecule has 25 heavy (non-hydrogen) atoms. The zero-order chi connectivity index (χ0) is 18.2. The first-order chi connectivity index (χ1) is 12.0. The van der Waals surface area contributed by atoms with Crippen molar-refractivity contribution in [3.8, 4) is 0 Å². The highest BCUT2D eigenvalue weighted by molar-refractivity contribution is 7.11. The first-order valence-electron chi connectivity index (χ1n) is 7.83. The van der Waals surface area contributed by atoms with Gasteiger partial charge in [-0.25, -0.2) is 9.78 Å². The summed E-state index contributed by atoms with van der Waals surface area (Å²) in [6, 6.07) is 7.51. The maximum Gasteiger partial charge on any atom is 0.411 e. The number of aliphatic imine (C=N–C) groups is 1. The van der Waals surface area contributed by atoms with E-state index in [1.807, 2.05) is 31.2 Å². The molecule has 1 amide bonds. The smallest absolute Gasteiger partial charge is 0.411 e. The average Bonchev–Trinajstić information content (AvgIpc) is 2.94. The van der Waals surface area contributed by atoms with E-state index in [0.717, 1.165) is 16.3 Å². The molecular formula is C17H23N5O2S. The van der Waals surface area contributed by atoms with Crippen molar-refractivity contribution in [1.82, 2.24) is 15.6 Å². The lowest BCUT2D eigenvalue weighted by Crippen LogP contribution is -2.36. The molecule has 0 fully saturated rings. The number of ether oxygens (including phenoxy) is 1. The van der Waals surface area contributed by atoms with Gasteiger partial charge in [-0.3, -0.25) is 10.3 Å². The molecule has 0 atom stereocenters. The van der Waals surface area contributed by atoms with Gasteiger partial charge < -0.3 is 15.4 Å². The SMILES string of the molecule is CN=C(NCc1ccc(NC(=O)OC)cc1)NCc1nc(C)c(C)s1. The first kappa shape index (κ1) is 18.7. The van der Waals surface area contributed by atoms with E-state index in [1.54, 1.807) is 18.4 Å². The molecule has 134 valence electrons. The number of rotatable bonds is 5. The van der Waals surface area contributed by atoms with Gasteiger partial charge in [0.2, 0.25) is 0 Å². The highest BCUT2D eigenvalue weighted by atomic mass is 32.1. The number of hydrogen-bond donors (Lipinski definition) is 3. The Hall–Kier alpha value is -2.61. The molecule has 2 aromatic rings. The largest absolute Gasteiger partial charge is 0.453 e. The second kappa shape index (κ2) is 9.03. The number of anilines is 1. The number of carbonyl (C=O) groups is 1. The van der Waals surface area contributed by atoms with Gasteiger partial charge in [0.1, 0.15) is 5.01 Å². The van der Waals surface area contributed by atoms with Crippen LogP contribution in [-0.4, -0.2) is 31.2 Å². The van der Waals surface area contributed by atoms with Crippen LogP contribution in [0.15, 0.2) is 29.3 Å². The number of guanidine groups is 1. The van der Waals surface area contributed by atoms with Gasteiger partial charge in [0.25, 0.3) is 0 Å². The van der Waals surface area contributed by atoms with Crippen molar-refractivity contribution in [2.75, 3.05) is 19.5 Å². The van der Waals surface area contributed by atoms with Crippen LogP contribution in [0.4, 0.5) is 10.5 Å². The topological polar surface area (TPSA) is 87.6 Å². The number of amides is 1. The number of aromatic nitrogens is 1. The van der Waals surface area contributed by atoms with Gasteiger partial charge in [-0.2, -0.15) is 0 Å². The third-order valence-corrected chi connectivity index (χ3v) is 4.62. The second-order valence-corrected chi connectivity index (χ2v) is 6.63. The van der Waals surface area contributed by atoms with E-state index in [-0.39, 0.29) is 0 Å². The normalized spacial score (nSPS) is 11.1. The Morgan fingerprint density at radius 1 is 1.20 bits per heavy atom. The van der Waals surface area contributed by atoms with Crippen LogP contribution in [0.25, 0.3) is 0 Å². The van der Waals surface area contributed by atoms with Crippen LogP contribution in [-0.2, 0) is 17.8 Å². The van der Waals surface area contributed by atoms with E-state index >= 15 is 0 Å². The van der Waals surface area contributed by atoms with Crippen molar-refractivity contribution in [1.29, 1.82) is 0 Å². The molecule has 0 aliphatic heterocycles. The quantitative estimate of drug-likeness (QED) is 0.563. The monoisotopic (exact) mass is 361 g/mol. The number of nitrogens with one attached hydrogen (secondary N) is 3. The number of hydrogen-bond acceptors (Lipinski definition) is 5. The van der Waals surface area contributed by atoms with Crippen molar-refractivity contribution >= 4 is 29.1 Å².